The zero-order valence-corrected chi connectivity index (χ0v) is 13.3. The van der Waals surface area contributed by atoms with Crippen molar-refractivity contribution in [3.05, 3.63) is 52.0 Å². The maximum absolute atomic E-state index is 10.9. The quantitative estimate of drug-likeness (QED) is 0.742. The van der Waals surface area contributed by atoms with Crippen LogP contribution in [-0.2, 0) is 6.61 Å². The Labute approximate surface area is 131 Å². The molecule has 0 unspecified atom stereocenters. The topological polar surface area (TPSA) is 44.8 Å². The maximum Gasteiger partial charge on any atom is 0.161 e. The van der Waals surface area contributed by atoms with Crippen molar-refractivity contribution in [3.8, 4) is 17.2 Å². The van der Waals surface area contributed by atoms with E-state index in [4.69, 9.17) is 14.2 Å². The van der Waals surface area contributed by atoms with Crippen molar-refractivity contribution >= 4 is 22.2 Å². The van der Waals surface area contributed by atoms with E-state index in [1.54, 1.807) is 32.4 Å². The number of carbonyl (C=O) groups excluding carboxylic acids is 1. The highest BCUT2D eigenvalue weighted by molar-refractivity contribution is 9.10. The van der Waals surface area contributed by atoms with Crippen LogP contribution in [0.1, 0.15) is 15.9 Å². The summed E-state index contributed by atoms with van der Waals surface area (Å²) >= 11 is 3.30. The molecule has 0 saturated heterocycles. The second-order valence-electron chi connectivity index (χ2n) is 4.28. The molecule has 4 nitrogen and oxygen atoms in total. The zero-order valence-electron chi connectivity index (χ0n) is 11.8. The molecule has 0 N–H and O–H groups in total. The average Bonchev–Trinajstić information content (AvgIpc) is 2.53. The predicted molar refractivity (Wildman–Crippen MR) is 83.4 cm³/mol. The number of carbonyl (C=O) groups is 1. The first-order valence-corrected chi connectivity index (χ1v) is 7.05. The molecule has 21 heavy (non-hydrogen) atoms. The molecule has 0 atom stereocenters. The van der Waals surface area contributed by atoms with Crippen LogP contribution in [0, 0.1) is 0 Å². The van der Waals surface area contributed by atoms with Gasteiger partial charge in [0.15, 0.2) is 17.8 Å². The third kappa shape index (κ3) is 3.76. The lowest BCUT2D eigenvalue weighted by atomic mass is 10.2. The van der Waals surface area contributed by atoms with Gasteiger partial charge in [-0.25, -0.2) is 0 Å². The molecule has 5 heteroatoms. The van der Waals surface area contributed by atoms with Gasteiger partial charge in [0.25, 0.3) is 0 Å². The smallest absolute Gasteiger partial charge is 0.161 e. The maximum atomic E-state index is 10.9. The lowest BCUT2D eigenvalue weighted by Crippen LogP contribution is -1.98. The summed E-state index contributed by atoms with van der Waals surface area (Å²) in [7, 11) is 3.18. The summed E-state index contributed by atoms with van der Waals surface area (Å²) in [4.78, 5) is 10.9. The summed E-state index contributed by atoms with van der Waals surface area (Å²) in [6.07, 6.45) is 0.785. The van der Waals surface area contributed by atoms with Crippen molar-refractivity contribution in [3.63, 3.8) is 0 Å². The van der Waals surface area contributed by atoms with Crippen molar-refractivity contribution in [1.82, 2.24) is 0 Å². The Bertz CT molecular complexity index is 640. The van der Waals surface area contributed by atoms with E-state index < -0.39 is 0 Å². The van der Waals surface area contributed by atoms with Crippen LogP contribution >= 0.6 is 15.9 Å². The fourth-order valence-corrected chi connectivity index (χ4v) is 2.18. The molecule has 0 radical (unpaired) electrons. The lowest BCUT2D eigenvalue weighted by molar-refractivity contribution is 0.112. The van der Waals surface area contributed by atoms with E-state index in [0.29, 0.717) is 29.4 Å². The van der Waals surface area contributed by atoms with Crippen molar-refractivity contribution in [2.75, 3.05) is 14.2 Å². The van der Waals surface area contributed by atoms with E-state index >= 15 is 0 Å². The molecule has 0 aliphatic rings. The number of aldehydes is 1. The van der Waals surface area contributed by atoms with Crippen molar-refractivity contribution in [1.29, 1.82) is 0 Å². The molecule has 2 rings (SSSR count). The third-order valence-electron chi connectivity index (χ3n) is 2.95. The van der Waals surface area contributed by atoms with Crippen LogP contribution in [-0.4, -0.2) is 20.5 Å². The van der Waals surface area contributed by atoms with Crippen LogP contribution in [0.5, 0.6) is 17.2 Å². The van der Waals surface area contributed by atoms with E-state index in [0.717, 1.165) is 16.3 Å². The highest BCUT2D eigenvalue weighted by Crippen LogP contribution is 2.28. The second-order valence-corrected chi connectivity index (χ2v) is 5.13. The average molecular weight is 351 g/mol. The number of hydrogen-bond donors (Lipinski definition) is 0. The fourth-order valence-electron chi connectivity index (χ4n) is 1.84. The molecule has 0 spiro atoms. The molecule has 0 saturated carbocycles. The van der Waals surface area contributed by atoms with E-state index in [9.17, 15) is 4.79 Å². The molecule has 110 valence electrons. The van der Waals surface area contributed by atoms with Gasteiger partial charge in [-0.15, -0.1) is 0 Å². The van der Waals surface area contributed by atoms with Gasteiger partial charge >= 0.3 is 0 Å². The summed E-state index contributed by atoms with van der Waals surface area (Å²) < 4.78 is 16.9. The van der Waals surface area contributed by atoms with E-state index in [1.807, 2.05) is 18.2 Å². The number of rotatable bonds is 6. The van der Waals surface area contributed by atoms with Gasteiger partial charge in [-0.1, -0.05) is 22.0 Å². The van der Waals surface area contributed by atoms with Crippen LogP contribution < -0.4 is 14.2 Å². The Balaban J connectivity index is 2.11. The molecule has 0 bridgehead atoms. The first kappa shape index (κ1) is 15.4. The van der Waals surface area contributed by atoms with Gasteiger partial charge in [0.2, 0.25) is 0 Å². The summed E-state index contributed by atoms with van der Waals surface area (Å²) in [5.74, 6) is 1.96. The van der Waals surface area contributed by atoms with Gasteiger partial charge in [-0.3, -0.25) is 4.79 Å². The Morgan fingerprint density at radius 2 is 1.81 bits per heavy atom. The summed E-state index contributed by atoms with van der Waals surface area (Å²) in [5.41, 5.74) is 1.50. The summed E-state index contributed by atoms with van der Waals surface area (Å²) in [5, 5.41) is 0. The van der Waals surface area contributed by atoms with Crippen LogP contribution in [0.15, 0.2) is 40.9 Å². The van der Waals surface area contributed by atoms with E-state index in [-0.39, 0.29) is 0 Å². The number of benzene rings is 2. The standard InChI is InChI=1S/C16H15BrO4/c1-19-15-6-3-11(7-16(15)20-2)10-21-13-4-5-14(17)12(8-13)9-18/h3-9H,10H2,1-2H3. The zero-order chi connectivity index (χ0) is 15.2. The first-order valence-electron chi connectivity index (χ1n) is 6.26. The minimum Gasteiger partial charge on any atom is -0.493 e. The molecule has 0 fully saturated rings. The Hall–Kier alpha value is -2.01. The van der Waals surface area contributed by atoms with Crippen molar-refractivity contribution in [2.45, 2.75) is 6.61 Å². The monoisotopic (exact) mass is 350 g/mol. The molecule has 0 aromatic heterocycles. The van der Waals surface area contributed by atoms with Crippen LogP contribution in [0.2, 0.25) is 0 Å². The first-order chi connectivity index (χ1) is 10.2. The van der Waals surface area contributed by atoms with Gasteiger partial charge in [-0.2, -0.15) is 0 Å². The van der Waals surface area contributed by atoms with Gasteiger partial charge in [-0.05, 0) is 35.9 Å². The van der Waals surface area contributed by atoms with E-state index in [1.165, 1.54) is 0 Å². The van der Waals surface area contributed by atoms with Gasteiger partial charge in [0, 0.05) is 10.0 Å². The Morgan fingerprint density at radius 3 is 2.48 bits per heavy atom. The highest BCUT2D eigenvalue weighted by atomic mass is 79.9. The van der Waals surface area contributed by atoms with E-state index in [2.05, 4.69) is 15.9 Å². The minimum absolute atomic E-state index is 0.375. The Morgan fingerprint density at radius 1 is 1.05 bits per heavy atom. The predicted octanol–water partition coefficient (Wildman–Crippen LogP) is 3.86. The molecule has 2 aromatic rings. The number of methoxy groups -OCH3 is 2. The van der Waals surface area contributed by atoms with Crippen LogP contribution in [0.25, 0.3) is 0 Å². The second kappa shape index (κ2) is 7.13. The Kier molecular flexibility index (Phi) is 5.22. The molecular formula is C16H15BrO4. The van der Waals surface area contributed by atoms with Crippen molar-refractivity contribution in [2.24, 2.45) is 0 Å². The van der Waals surface area contributed by atoms with Crippen LogP contribution in [0.4, 0.5) is 0 Å². The normalized spacial score (nSPS) is 10.0. The number of hydrogen-bond acceptors (Lipinski definition) is 4. The third-order valence-corrected chi connectivity index (χ3v) is 3.67. The molecule has 0 aliphatic carbocycles. The van der Waals surface area contributed by atoms with Gasteiger partial charge in [0.05, 0.1) is 14.2 Å². The number of ether oxygens (including phenoxy) is 3. The largest absolute Gasteiger partial charge is 0.493 e. The highest BCUT2D eigenvalue weighted by Gasteiger charge is 2.06. The summed E-state index contributed by atoms with van der Waals surface area (Å²) in [6, 6.07) is 10.9. The van der Waals surface area contributed by atoms with Crippen molar-refractivity contribution < 1.29 is 19.0 Å². The number of halogens is 1. The molecule has 0 heterocycles. The fraction of sp³-hybridized carbons (Fsp3) is 0.188. The molecule has 0 aliphatic heterocycles. The van der Waals surface area contributed by atoms with Gasteiger partial charge in [0.1, 0.15) is 12.4 Å². The molecule has 0 amide bonds. The summed E-state index contributed by atoms with van der Waals surface area (Å²) in [6.45, 7) is 0.375. The molecular weight excluding hydrogens is 336 g/mol. The molecule has 2 aromatic carbocycles. The van der Waals surface area contributed by atoms with Crippen LogP contribution in [0.3, 0.4) is 0 Å². The van der Waals surface area contributed by atoms with Gasteiger partial charge < -0.3 is 14.2 Å². The minimum atomic E-state index is 0.375. The SMILES string of the molecule is COc1ccc(COc2ccc(Br)c(C=O)c2)cc1OC. The lowest BCUT2D eigenvalue weighted by Gasteiger charge is -2.11.